The molecule has 19 heavy (non-hydrogen) atoms. The largest absolute Gasteiger partial charge is 0.371 e. The van der Waals surface area contributed by atoms with Crippen LogP contribution in [0.2, 0.25) is 0 Å². The molecule has 0 amide bonds. The molecule has 3 nitrogen and oxygen atoms in total. The zero-order valence-corrected chi connectivity index (χ0v) is 10.8. The first-order valence-corrected chi connectivity index (χ1v) is 6.03. The molecule has 0 aliphatic carbocycles. The minimum atomic E-state index is -0.726. The topological polar surface area (TPSA) is 37.0 Å². The third-order valence-electron chi connectivity index (χ3n) is 2.79. The standard InChI is InChI=1S/C14H15F2N3/c1-3-9-4-6-10(7-5-9)18-14-12(16)8-11(15)13(17-2)19-14/h4-8H,3H2,1-2H3,(H2,17,18,19). The molecule has 0 saturated carbocycles. The molecule has 0 bridgehead atoms. The lowest BCUT2D eigenvalue weighted by Gasteiger charge is -2.09. The number of hydrogen-bond donors (Lipinski definition) is 2. The van der Waals surface area contributed by atoms with Gasteiger partial charge >= 0.3 is 0 Å². The second kappa shape index (κ2) is 5.65. The van der Waals surface area contributed by atoms with Crippen molar-refractivity contribution in [3.63, 3.8) is 0 Å². The van der Waals surface area contributed by atoms with Gasteiger partial charge in [-0.05, 0) is 24.1 Å². The summed E-state index contributed by atoms with van der Waals surface area (Å²) < 4.78 is 26.9. The van der Waals surface area contributed by atoms with Crippen LogP contribution in [-0.4, -0.2) is 12.0 Å². The zero-order chi connectivity index (χ0) is 13.8. The molecule has 0 aliphatic rings. The summed E-state index contributed by atoms with van der Waals surface area (Å²) in [7, 11) is 1.53. The normalized spacial score (nSPS) is 10.3. The van der Waals surface area contributed by atoms with Gasteiger partial charge in [0.05, 0.1) is 0 Å². The first-order valence-electron chi connectivity index (χ1n) is 6.03. The van der Waals surface area contributed by atoms with Crippen LogP contribution in [0.25, 0.3) is 0 Å². The molecule has 0 aliphatic heterocycles. The maximum absolute atomic E-state index is 13.6. The van der Waals surface area contributed by atoms with Gasteiger partial charge in [0.15, 0.2) is 23.3 Å². The van der Waals surface area contributed by atoms with Gasteiger partial charge in [0.25, 0.3) is 0 Å². The minimum absolute atomic E-state index is 0.00463. The summed E-state index contributed by atoms with van der Waals surface area (Å²) in [5, 5.41) is 5.41. The number of aromatic nitrogens is 1. The molecule has 1 aromatic carbocycles. The summed E-state index contributed by atoms with van der Waals surface area (Å²) in [4.78, 5) is 3.86. The van der Waals surface area contributed by atoms with Crippen molar-refractivity contribution < 1.29 is 8.78 Å². The van der Waals surface area contributed by atoms with Gasteiger partial charge in [-0.3, -0.25) is 0 Å². The van der Waals surface area contributed by atoms with Gasteiger partial charge < -0.3 is 10.6 Å². The van der Waals surface area contributed by atoms with Gasteiger partial charge in [-0.1, -0.05) is 19.1 Å². The molecule has 5 heteroatoms. The molecule has 1 heterocycles. The molecule has 2 rings (SSSR count). The number of pyridine rings is 1. The highest BCUT2D eigenvalue weighted by Crippen LogP contribution is 2.22. The van der Waals surface area contributed by atoms with E-state index in [1.165, 1.54) is 12.6 Å². The van der Waals surface area contributed by atoms with E-state index >= 15 is 0 Å². The number of halogens is 2. The zero-order valence-electron chi connectivity index (χ0n) is 10.8. The van der Waals surface area contributed by atoms with E-state index < -0.39 is 11.6 Å². The quantitative estimate of drug-likeness (QED) is 0.883. The van der Waals surface area contributed by atoms with Crippen LogP contribution in [0.4, 0.5) is 26.1 Å². The molecular weight excluding hydrogens is 248 g/mol. The van der Waals surface area contributed by atoms with Gasteiger partial charge in [0.1, 0.15) is 0 Å². The Balaban J connectivity index is 2.26. The first kappa shape index (κ1) is 13.3. The highest BCUT2D eigenvalue weighted by Gasteiger charge is 2.10. The first-order chi connectivity index (χ1) is 9.13. The summed E-state index contributed by atoms with van der Waals surface area (Å²) in [5.74, 6) is -1.44. The van der Waals surface area contributed by atoms with E-state index in [0.29, 0.717) is 5.69 Å². The number of hydrogen-bond acceptors (Lipinski definition) is 3. The second-order valence-electron chi connectivity index (χ2n) is 4.07. The monoisotopic (exact) mass is 263 g/mol. The molecule has 100 valence electrons. The lowest BCUT2D eigenvalue weighted by molar-refractivity contribution is 0.580. The lowest BCUT2D eigenvalue weighted by Crippen LogP contribution is -2.03. The van der Waals surface area contributed by atoms with E-state index in [1.807, 2.05) is 24.3 Å². The van der Waals surface area contributed by atoms with Crippen molar-refractivity contribution in [2.45, 2.75) is 13.3 Å². The van der Waals surface area contributed by atoms with E-state index in [2.05, 4.69) is 22.5 Å². The maximum Gasteiger partial charge on any atom is 0.169 e. The molecular formula is C14H15F2N3. The van der Waals surface area contributed by atoms with Crippen molar-refractivity contribution in [1.82, 2.24) is 4.98 Å². The third kappa shape index (κ3) is 2.99. The van der Waals surface area contributed by atoms with Crippen LogP contribution in [0.15, 0.2) is 30.3 Å². The van der Waals surface area contributed by atoms with Crippen LogP contribution in [0.3, 0.4) is 0 Å². The average molecular weight is 263 g/mol. The van der Waals surface area contributed by atoms with Crippen molar-refractivity contribution >= 4 is 17.3 Å². The fraction of sp³-hybridized carbons (Fsp3) is 0.214. The molecule has 0 saturated heterocycles. The molecule has 1 aromatic heterocycles. The van der Waals surface area contributed by atoms with Gasteiger partial charge in [0.2, 0.25) is 0 Å². The van der Waals surface area contributed by atoms with E-state index in [9.17, 15) is 8.78 Å². The number of benzene rings is 1. The molecule has 2 aromatic rings. The number of nitrogens with zero attached hydrogens (tertiary/aromatic N) is 1. The second-order valence-corrected chi connectivity index (χ2v) is 4.07. The highest BCUT2D eigenvalue weighted by molar-refractivity contribution is 5.59. The van der Waals surface area contributed by atoms with Crippen LogP contribution in [-0.2, 0) is 6.42 Å². The minimum Gasteiger partial charge on any atom is -0.371 e. The summed E-state index contributed by atoms with van der Waals surface area (Å²) >= 11 is 0. The highest BCUT2D eigenvalue weighted by atomic mass is 19.1. The van der Waals surface area contributed by atoms with Crippen LogP contribution in [0.5, 0.6) is 0 Å². The molecule has 0 atom stereocenters. The number of anilines is 3. The predicted octanol–water partition coefficient (Wildman–Crippen LogP) is 3.71. The number of rotatable bonds is 4. The fourth-order valence-electron chi connectivity index (χ4n) is 1.69. The molecule has 0 unspecified atom stereocenters. The molecule has 0 radical (unpaired) electrons. The SMILES string of the molecule is CCc1ccc(Nc2nc(NC)c(F)cc2F)cc1. The van der Waals surface area contributed by atoms with Crippen LogP contribution < -0.4 is 10.6 Å². The Morgan fingerprint density at radius 2 is 1.68 bits per heavy atom. The van der Waals surface area contributed by atoms with Crippen molar-refractivity contribution in [1.29, 1.82) is 0 Å². The van der Waals surface area contributed by atoms with Crippen molar-refractivity contribution in [3.05, 3.63) is 47.5 Å². The molecule has 2 N–H and O–H groups in total. The number of aryl methyl sites for hydroxylation is 1. The number of nitrogens with one attached hydrogen (secondary N) is 2. The maximum atomic E-state index is 13.6. The van der Waals surface area contributed by atoms with Gasteiger partial charge in [-0.2, -0.15) is 0 Å². The van der Waals surface area contributed by atoms with Gasteiger partial charge in [-0.25, -0.2) is 13.8 Å². The molecule has 0 fully saturated rings. The Kier molecular flexibility index (Phi) is 3.94. The van der Waals surface area contributed by atoms with Gasteiger partial charge in [0, 0.05) is 18.8 Å². The van der Waals surface area contributed by atoms with E-state index in [4.69, 9.17) is 0 Å². The Labute approximate surface area is 110 Å². The third-order valence-corrected chi connectivity index (χ3v) is 2.79. The Morgan fingerprint density at radius 3 is 2.26 bits per heavy atom. The molecule has 0 spiro atoms. The van der Waals surface area contributed by atoms with E-state index in [1.54, 1.807) is 0 Å². The predicted molar refractivity (Wildman–Crippen MR) is 72.8 cm³/mol. The van der Waals surface area contributed by atoms with Crippen molar-refractivity contribution in [3.8, 4) is 0 Å². The van der Waals surface area contributed by atoms with Crippen LogP contribution in [0, 0.1) is 11.6 Å². The Morgan fingerprint density at radius 1 is 1.05 bits per heavy atom. The van der Waals surface area contributed by atoms with Crippen molar-refractivity contribution in [2.75, 3.05) is 17.7 Å². The van der Waals surface area contributed by atoms with E-state index in [0.717, 1.165) is 12.5 Å². The average Bonchev–Trinajstić information content (AvgIpc) is 2.42. The summed E-state index contributed by atoms with van der Waals surface area (Å²) in [6, 6.07) is 8.37. The van der Waals surface area contributed by atoms with Gasteiger partial charge in [-0.15, -0.1) is 0 Å². The fourth-order valence-corrected chi connectivity index (χ4v) is 1.69. The Bertz CT molecular complexity index is 568. The smallest absolute Gasteiger partial charge is 0.169 e. The van der Waals surface area contributed by atoms with E-state index in [-0.39, 0.29) is 11.6 Å². The summed E-state index contributed by atoms with van der Waals surface area (Å²) in [6.07, 6.45) is 0.938. The lowest BCUT2D eigenvalue weighted by atomic mass is 10.1. The summed E-state index contributed by atoms with van der Waals surface area (Å²) in [5.41, 5.74) is 1.89. The van der Waals surface area contributed by atoms with Crippen LogP contribution >= 0.6 is 0 Å². The van der Waals surface area contributed by atoms with Crippen LogP contribution in [0.1, 0.15) is 12.5 Å². The summed E-state index contributed by atoms with van der Waals surface area (Å²) in [6.45, 7) is 2.06. The van der Waals surface area contributed by atoms with Crippen molar-refractivity contribution in [2.24, 2.45) is 0 Å². The Hall–Kier alpha value is -2.17.